The van der Waals surface area contributed by atoms with Crippen LogP contribution in [0.15, 0.2) is 54.9 Å². The lowest BCUT2D eigenvalue weighted by Gasteiger charge is -2.40. The number of nitrogens with one attached hydrogen (secondary N) is 1. The van der Waals surface area contributed by atoms with Crippen LogP contribution in [0.25, 0.3) is 33.3 Å². The number of carbonyl (C=O) groups excluding carboxylic acids is 1. The second-order valence-corrected chi connectivity index (χ2v) is 11.4. The minimum absolute atomic E-state index is 0.0159. The summed E-state index contributed by atoms with van der Waals surface area (Å²) in [5.41, 5.74) is 11.5. The number of likely N-dealkylation sites (N-methyl/N-ethyl adjacent to an activating group) is 1. The molecule has 1 atom stereocenters. The zero-order valence-electron chi connectivity index (χ0n) is 21.3. The first-order chi connectivity index (χ1) is 17.4. The highest BCUT2D eigenvalue weighted by atomic mass is 16.2. The van der Waals surface area contributed by atoms with Gasteiger partial charge in [0.2, 0.25) is 0 Å². The molecule has 3 heterocycles. The Morgan fingerprint density at radius 2 is 1.86 bits per heavy atom. The fourth-order valence-corrected chi connectivity index (χ4v) is 6.70. The number of nitrogens with zero attached hydrogens (tertiary/aromatic N) is 3. The number of rotatable bonds is 3. The number of pyridine rings is 1. The predicted octanol–water partition coefficient (Wildman–Crippen LogP) is 5.95. The molecule has 1 spiro atoms. The van der Waals surface area contributed by atoms with Crippen LogP contribution in [0.1, 0.15) is 58.6 Å². The molecule has 3 aliphatic rings. The Kier molecular flexibility index (Phi) is 4.71. The van der Waals surface area contributed by atoms with Crippen molar-refractivity contribution in [2.24, 2.45) is 0 Å². The molecule has 0 radical (unpaired) electrons. The van der Waals surface area contributed by atoms with E-state index < -0.39 is 0 Å². The molecule has 0 bridgehead atoms. The van der Waals surface area contributed by atoms with Crippen molar-refractivity contribution in [2.75, 3.05) is 27.7 Å². The van der Waals surface area contributed by atoms with Gasteiger partial charge in [-0.1, -0.05) is 18.2 Å². The van der Waals surface area contributed by atoms with Crippen molar-refractivity contribution >= 4 is 16.9 Å². The summed E-state index contributed by atoms with van der Waals surface area (Å²) in [4.78, 5) is 24.6. The number of amides is 1. The second-order valence-electron chi connectivity index (χ2n) is 11.4. The number of hydrogen-bond donors (Lipinski definition) is 1. The Bertz CT molecular complexity index is 1510. The minimum atomic E-state index is 0.0159. The van der Waals surface area contributed by atoms with Gasteiger partial charge in [-0.05, 0) is 96.1 Å². The third-order valence-electron chi connectivity index (χ3n) is 8.76. The summed E-state index contributed by atoms with van der Waals surface area (Å²) < 4.78 is 0. The summed E-state index contributed by atoms with van der Waals surface area (Å²) in [6.07, 6.45) is 9.41. The number of benzene rings is 2. The highest BCUT2D eigenvalue weighted by molar-refractivity contribution is 5.98. The van der Waals surface area contributed by atoms with Crippen molar-refractivity contribution in [3.8, 4) is 22.3 Å². The lowest BCUT2D eigenvalue weighted by molar-refractivity contribution is 0.0827. The molecule has 4 aromatic rings. The van der Waals surface area contributed by atoms with Gasteiger partial charge in [-0.15, -0.1) is 0 Å². The highest BCUT2D eigenvalue weighted by Crippen LogP contribution is 2.59. The molecule has 1 N–H and O–H groups in total. The van der Waals surface area contributed by atoms with Crippen LogP contribution < -0.4 is 0 Å². The first-order valence-corrected chi connectivity index (χ1v) is 13.1. The molecule has 2 aromatic carbocycles. The molecule has 1 unspecified atom stereocenters. The molecule has 1 fully saturated rings. The highest BCUT2D eigenvalue weighted by Gasteiger charge is 2.50. The van der Waals surface area contributed by atoms with Crippen molar-refractivity contribution in [1.82, 2.24) is 19.8 Å². The molecule has 1 saturated carbocycles. The molecule has 5 nitrogen and oxygen atoms in total. The van der Waals surface area contributed by atoms with E-state index in [1.807, 2.05) is 36.7 Å². The van der Waals surface area contributed by atoms with Gasteiger partial charge in [0, 0.05) is 61.7 Å². The van der Waals surface area contributed by atoms with E-state index in [1.165, 1.54) is 48.9 Å². The average Bonchev–Trinajstić information content (AvgIpc) is 3.54. The summed E-state index contributed by atoms with van der Waals surface area (Å²) in [5.74, 6) is 0.704. The van der Waals surface area contributed by atoms with Crippen molar-refractivity contribution < 1.29 is 4.79 Å². The summed E-state index contributed by atoms with van der Waals surface area (Å²) in [5, 5.41) is 1.11. The zero-order valence-corrected chi connectivity index (χ0v) is 21.3. The standard InChI is InChI=1S/C31H32N4O/c1-34(2)30(36)20-6-4-19(5-7-20)26-16-33-29-25(26)13-23(15-32-29)22-12-24-18-35(3)17-21-8-9-31(10-11-31)27(14-22)28(21)24/h4-7,12-16,21H,8-11,17-18H2,1-3H3,(H,32,33). The molecule has 2 aromatic heterocycles. The van der Waals surface area contributed by atoms with Gasteiger partial charge in [0.25, 0.3) is 5.91 Å². The van der Waals surface area contributed by atoms with E-state index in [-0.39, 0.29) is 5.91 Å². The van der Waals surface area contributed by atoms with E-state index in [4.69, 9.17) is 4.98 Å². The maximum atomic E-state index is 12.3. The lowest BCUT2D eigenvalue weighted by atomic mass is 9.70. The van der Waals surface area contributed by atoms with Crippen LogP contribution in [0.5, 0.6) is 0 Å². The molecule has 0 saturated heterocycles. The summed E-state index contributed by atoms with van der Waals surface area (Å²) >= 11 is 0. The Balaban J connectivity index is 1.32. The van der Waals surface area contributed by atoms with Crippen LogP contribution in [0.4, 0.5) is 0 Å². The number of H-pyrrole nitrogens is 1. The van der Waals surface area contributed by atoms with Crippen LogP contribution in [0, 0.1) is 0 Å². The van der Waals surface area contributed by atoms with Gasteiger partial charge in [0.1, 0.15) is 5.65 Å². The second kappa shape index (κ2) is 7.78. The largest absolute Gasteiger partial charge is 0.346 e. The van der Waals surface area contributed by atoms with Crippen LogP contribution in [-0.2, 0) is 12.0 Å². The quantitative estimate of drug-likeness (QED) is 0.397. The van der Waals surface area contributed by atoms with E-state index in [9.17, 15) is 4.79 Å². The molecule has 182 valence electrons. The van der Waals surface area contributed by atoms with Crippen LogP contribution >= 0.6 is 0 Å². The van der Waals surface area contributed by atoms with Crippen molar-refractivity contribution in [2.45, 2.75) is 43.6 Å². The Morgan fingerprint density at radius 3 is 2.61 bits per heavy atom. The van der Waals surface area contributed by atoms with Gasteiger partial charge >= 0.3 is 0 Å². The Labute approximate surface area is 212 Å². The first-order valence-electron chi connectivity index (χ1n) is 13.1. The van der Waals surface area contributed by atoms with Gasteiger partial charge in [-0.3, -0.25) is 4.79 Å². The van der Waals surface area contributed by atoms with E-state index in [1.54, 1.807) is 30.1 Å². The fraction of sp³-hybridized carbons (Fsp3) is 0.355. The number of aromatic amines is 1. The molecule has 2 aliphatic carbocycles. The van der Waals surface area contributed by atoms with E-state index in [0.717, 1.165) is 28.7 Å². The zero-order chi connectivity index (χ0) is 24.6. The van der Waals surface area contributed by atoms with Crippen molar-refractivity contribution in [1.29, 1.82) is 0 Å². The van der Waals surface area contributed by atoms with Crippen molar-refractivity contribution in [3.05, 3.63) is 77.1 Å². The molecule has 1 amide bonds. The number of carbonyl (C=O) groups is 1. The average molecular weight is 477 g/mol. The third-order valence-corrected chi connectivity index (χ3v) is 8.76. The third kappa shape index (κ3) is 3.33. The van der Waals surface area contributed by atoms with E-state index >= 15 is 0 Å². The number of aromatic nitrogens is 2. The number of hydrogen-bond acceptors (Lipinski definition) is 3. The van der Waals surface area contributed by atoms with Gasteiger partial charge in [-0.25, -0.2) is 4.98 Å². The molecule has 5 heteroatoms. The molecular weight excluding hydrogens is 444 g/mol. The van der Waals surface area contributed by atoms with Crippen molar-refractivity contribution in [3.63, 3.8) is 0 Å². The van der Waals surface area contributed by atoms with Gasteiger partial charge in [0.15, 0.2) is 0 Å². The topological polar surface area (TPSA) is 52.2 Å². The van der Waals surface area contributed by atoms with Crippen LogP contribution in [-0.4, -0.2) is 53.4 Å². The van der Waals surface area contributed by atoms with Gasteiger partial charge in [0.05, 0.1) is 0 Å². The van der Waals surface area contributed by atoms with Crippen LogP contribution in [0.3, 0.4) is 0 Å². The molecule has 36 heavy (non-hydrogen) atoms. The maximum Gasteiger partial charge on any atom is 0.253 e. The smallest absolute Gasteiger partial charge is 0.253 e. The fourth-order valence-electron chi connectivity index (χ4n) is 6.70. The van der Waals surface area contributed by atoms with Crippen LogP contribution in [0.2, 0.25) is 0 Å². The van der Waals surface area contributed by atoms with Gasteiger partial charge < -0.3 is 14.8 Å². The van der Waals surface area contributed by atoms with E-state index in [0.29, 0.717) is 16.9 Å². The lowest BCUT2D eigenvalue weighted by Crippen LogP contribution is -2.35. The maximum absolute atomic E-state index is 12.3. The molecular formula is C31H32N4O. The predicted molar refractivity (Wildman–Crippen MR) is 144 cm³/mol. The molecule has 1 aliphatic heterocycles. The summed E-state index contributed by atoms with van der Waals surface area (Å²) in [6.45, 7) is 2.22. The Morgan fingerprint density at radius 1 is 1.06 bits per heavy atom. The monoisotopic (exact) mass is 476 g/mol. The van der Waals surface area contributed by atoms with Gasteiger partial charge in [-0.2, -0.15) is 0 Å². The SMILES string of the molecule is CN1Cc2cc(-c3cnc4[nH]cc(-c5ccc(C(=O)N(C)C)cc5)c4c3)cc3c2C(CCC32CC2)C1. The molecule has 7 rings (SSSR count). The normalized spacial score (nSPS) is 19.9. The Hall–Kier alpha value is -3.44. The first kappa shape index (κ1) is 21.8. The minimum Gasteiger partial charge on any atom is -0.346 e. The van der Waals surface area contributed by atoms with E-state index in [2.05, 4.69) is 35.1 Å². The summed E-state index contributed by atoms with van der Waals surface area (Å²) in [7, 11) is 5.82. The number of fused-ring (bicyclic) bond motifs is 2. The summed E-state index contributed by atoms with van der Waals surface area (Å²) in [6, 6.07) is 15.1.